The molecule has 0 heterocycles. The van der Waals surface area contributed by atoms with Gasteiger partial charge in [0.15, 0.2) is 6.10 Å². The summed E-state index contributed by atoms with van der Waals surface area (Å²) >= 11 is 0. The van der Waals surface area contributed by atoms with Gasteiger partial charge >= 0.3 is 0 Å². The van der Waals surface area contributed by atoms with Crippen molar-refractivity contribution in [3.63, 3.8) is 0 Å². The predicted octanol–water partition coefficient (Wildman–Crippen LogP) is 3.88. The predicted molar refractivity (Wildman–Crippen MR) is 104 cm³/mol. The number of benzene rings is 2. The molecule has 2 rings (SSSR count). The molecule has 0 aliphatic heterocycles. The highest BCUT2D eigenvalue weighted by Gasteiger charge is 2.16. The van der Waals surface area contributed by atoms with E-state index in [0.29, 0.717) is 30.1 Å². The highest BCUT2D eigenvalue weighted by Crippen LogP contribution is 2.18. The van der Waals surface area contributed by atoms with E-state index in [0.717, 1.165) is 5.56 Å². The number of carbonyl (C=O) groups excluding carboxylic acids is 2. The highest BCUT2D eigenvalue weighted by molar-refractivity contribution is 5.96. The molecule has 1 N–H and O–H groups in total. The zero-order valence-electron chi connectivity index (χ0n) is 15.8. The van der Waals surface area contributed by atoms with Crippen molar-refractivity contribution in [2.75, 3.05) is 18.4 Å². The monoisotopic (exact) mass is 354 g/mol. The van der Waals surface area contributed by atoms with Crippen LogP contribution < -0.4 is 10.1 Å². The highest BCUT2D eigenvalue weighted by atomic mass is 16.5. The molecule has 0 fully saturated rings. The number of para-hydroxylation sites is 1. The Morgan fingerprint density at radius 3 is 2.23 bits per heavy atom. The number of hydrogen-bond donors (Lipinski definition) is 1. The Morgan fingerprint density at radius 1 is 1.04 bits per heavy atom. The first-order chi connectivity index (χ1) is 12.5. The number of hydrogen-bond acceptors (Lipinski definition) is 3. The van der Waals surface area contributed by atoms with Crippen LogP contribution in [-0.4, -0.2) is 35.9 Å². The van der Waals surface area contributed by atoms with Gasteiger partial charge in [-0.3, -0.25) is 9.59 Å². The van der Waals surface area contributed by atoms with Crippen molar-refractivity contribution >= 4 is 17.5 Å². The molecule has 0 bridgehead atoms. The second-order valence-electron chi connectivity index (χ2n) is 6.07. The molecule has 1 unspecified atom stereocenters. The number of rotatable bonds is 7. The summed E-state index contributed by atoms with van der Waals surface area (Å²) in [4.78, 5) is 26.4. The number of nitrogens with one attached hydrogen (secondary N) is 1. The molecular formula is C21H26N2O3. The maximum Gasteiger partial charge on any atom is 0.265 e. The summed E-state index contributed by atoms with van der Waals surface area (Å²) in [5.41, 5.74) is 2.22. The van der Waals surface area contributed by atoms with Crippen LogP contribution in [0.15, 0.2) is 48.5 Å². The fourth-order valence-corrected chi connectivity index (χ4v) is 2.57. The van der Waals surface area contributed by atoms with E-state index in [1.54, 1.807) is 36.1 Å². The van der Waals surface area contributed by atoms with Crippen LogP contribution in [0.4, 0.5) is 5.69 Å². The first-order valence-corrected chi connectivity index (χ1v) is 8.88. The van der Waals surface area contributed by atoms with Crippen LogP contribution in [0.25, 0.3) is 0 Å². The number of aryl methyl sites for hydroxylation is 1. The van der Waals surface area contributed by atoms with E-state index in [-0.39, 0.29) is 11.8 Å². The molecule has 0 saturated heterocycles. The Hall–Kier alpha value is -2.82. The molecule has 2 amide bonds. The third-order valence-corrected chi connectivity index (χ3v) is 4.22. The molecule has 5 heteroatoms. The van der Waals surface area contributed by atoms with E-state index < -0.39 is 6.10 Å². The topological polar surface area (TPSA) is 58.6 Å². The first kappa shape index (κ1) is 19.5. The molecule has 0 spiro atoms. The van der Waals surface area contributed by atoms with E-state index in [1.807, 2.05) is 45.0 Å². The number of amides is 2. The molecular weight excluding hydrogens is 328 g/mol. The van der Waals surface area contributed by atoms with Crippen LogP contribution in [0.3, 0.4) is 0 Å². The Morgan fingerprint density at radius 2 is 1.65 bits per heavy atom. The van der Waals surface area contributed by atoms with Crippen molar-refractivity contribution in [3.8, 4) is 5.75 Å². The van der Waals surface area contributed by atoms with Gasteiger partial charge in [-0.1, -0.05) is 18.2 Å². The number of anilines is 1. The van der Waals surface area contributed by atoms with Crippen molar-refractivity contribution in [3.05, 3.63) is 59.7 Å². The van der Waals surface area contributed by atoms with Gasteiger partial charge in [-0.15, -0.1) is 0 Å². The lowest BCUT2D eigenvalue weighted by molar-refractivity contribution is -0.122. The Bertz CT molecular complexity index is 752. The van der Waals surface area contributed by atoms with Gasteiger partial charge in [0, 0.05) is 24.3 Å². The van der Waals surface area contributed by atoms with E-state index >= 15 is 0 Å². The number of carbonyl (C=O) groups is 2. The Labute approximate surface area is 155 Å². The molecule has 0 radical (unpaired) electrons. The van der Waals surface area contributed by atoms with Crippen LogP contribution in [-0.2, 0) is 4.79 Å². The van der Waals surface area contributed by atoms with Gasteiger partial charge < -0.3 is 15.0 Å². The summed E-state index contributed by atoms with van der Waals surface area (Å²) in [5.74, 6) is 0.440. The van der Waals surface area contributed by atoms with Crippen molar-refractivity contribution in [2.24, 2.45) is 0 Å². The summed E-state index contributed by atoms with van der Waals surface area (Å²) in [6.45, 7) is 8.88. The van der Waals surface area contributed by atoms with Crippen molar-refractivity contribution in [1.29, 1.82) is 0 Å². The third kappa shape index (κ3) is 4.85. The second-order valence-corrected chi connectivity index (χ2v) is 6.07. The molecule has 5 nitrogen and oxygen atoms in total. The van der Waals surface area contributed by atoms with Crippen LogP contribution >= 0.6 is 0 Å². The second kappa shape index (κ2) is 9.04. The fraction of sp³-hybridized carbons (Fsp3) is 0.333. The average Bonchev–Trinajstić information content (AvgIpc) is 2.65. The van der Waals surface area contributed by atoms with Gasteiger partial charge in [-0.05, 0) is 63.6 Å². The molecule has 0 aliphatic carbocycles. The molecule has 2 aromatic carbocycles. The minimum atomic E-state index is -0.631. The van der Waals surface area contributed by atoms with E-state index in [2.05, 4.69) is 5.32 Å². The lowest BCUT2D eigenvalue weighted by atomic mass is 10.1. The summed E-state index contributed by atoms with van der Waals surface area (Å²) in [6, 6.07) is 14.5. The minimum absolute atomic E-state index is 0.0101. The standard InChI is InChI=1S/C21H26N2O3/c1-5-23(6-2)21(25)17-11-13-18(14-12-17)22-20(24)16(4)26-19-10-8-7-9-15(19)3/h7-14,16H,5-6H2,1-4H3,(H,22,24). The number of ether oxygens (including phenoxy) is 1. The zero-order valence-corrected chi connectivity index (χ0v) is 15.8. The van der Waals surface area contributed by atoms with Gasteiger partial charge in [0.2, 0.25) is 0 Å². The summed E-state index contributed by atoms with van der Waals surface area (Å²) in [6.07, 6.45) is -0.631. The van der Waals surface area contributed by atoms with E-state index in [9.17, 15) is 9.59 Å². The summed E-state index contributed by atoms with van der Waals surface area (Å²) in [7, 11) is 0. The number of nitrogens with zero attached hydrogens (tertiary/aromatic N) is 1. The lowest BCUT2D eigenvalue weighted by Crippen LogP contribution is -2.31. The Balaban J connectivity index is 1.98. The lowest BCUT2D eigenvalue weighted by Gasteiger charge is -2.19. The maximum atomic E-state index is 12.3. The quantitative estimate of drug-likeness (QED) is 0.821. The van der Waals surface area contributed by atoms with Crippen molar-refractivity contribution in [2.45, 2.75) is 33.8 Å². The molecule has 26 heavy (non-hydrogen) atoms. The molecule has 0 saturated carbocycles. The minimum Gasteiger partial charge on any atom is -0.481 e. The fourth-order valence-electron chi connectivity index (χ4n) is 2.57. The first-order valence-electron chi connectivity index (χ1n) is 8.88. The van der Waals surface area contributed by atoms with Gasteiger partial charge in [-0.25, -0.2) is 0 Å². The third-order valence-electron chi connectivity index (χ3n) is 4.22. The molecule has 0 aliphatic rings. The molecule has 0 aromatic heterocycles. The van der Waals surface area contributed by atoms with Crippen LogP contribution in [0.1, 0.15) is 36.7 Å². The van der Waals surface area contributed by atoms with E-state index in [1.165, 1.54) is 0 Å². The van der Waals surface area contributed by atoms with E-state index in [4.69, 9.17) is 4.74 Å². The zero-order chi connectivity index (χ0) is 19.1. The molecule has 2 aromatic rings. The van der Waals surface area contributed by atoms with Crippen LogP contribution in [0.5, 0.6) is 5.75 Å². The SMILES string of the molecule is CCN(CC)C(=O)c1ccc(NC(=O)C(C)Oc2ccccc2C)cc1. The largest absolute Gasteiger partial charge is 0.481 e. The van der Waals surface area contributed by atoms with Crippen LogP contribution in [0.2, 0.25) is 0 Å². The summed E-state index contributed by atoms with van der Waals surface area (Å²) in [5, 5.41) is 2.82. The average molecular weight is 354 g/mol. The van der Waals surface area contributed by atoms with Gasteiger partial charge in [0.05, 0.1) is 0 Å². The molecule has 138 valence electrons. The van der Waals surface area contributed by atoms with Gasteiger partial charge in [-0.2, -0.15) is 0 Å². The van der Waals surface area contributed by atoms with Crippen molar-refractivity contribution in [1.82, 2.24) is 4.90 Å². The van der Waals surface area contributed by atoms with Gasteiger partial charge in [0.1, 0.15) is 5.75 Å². The molecule has 1 atom stereocenters. The summed E-state index contributed by atoms with van der Waals surface area (Å²) < 4.78 is 5.73. The van der Waals surface area contributed by atoms with Crippen molar-refractivity contribution < 1.29 is 14.3 Å². The normalized spacial score (nSPS) is 11.5. The van der Waals surface area contributed by atoms with Crippen LogP contribution in [0, 0.1) is 6.92 Å². The van der Waals surface area contributed by atoms with Gasteiger partial charge in [0.25, 0.3) is 11.8 Å². The Kier molecular flexibility index (Phi) is 6.78. The smallest absolute Gasteiger partial charge is 0.265 e. The maximum absolute atomic E-state index is 12.3.